The van der Waals surface area contributed by atoms with Crippen LogP contribution in [0.2, 0.25) is 5.02 Å². The monoisotopic (exact) mass is 402 g/mol. The van der Waals surface area contributed by atoms with E-state index in [1.54, 1.807) is 0 Å². The fourth-order valence-corrected chi connectivity index (χ4v) is 2.74. The van der Waals surface area contributed by atoms with Gasteiger partial charge in [-0.25, -0.2) is 15.0 Å². The van der Waals surface area contributed by atoms with Gasteiger partial charge in [-0.15, -0.1) is 0 Å². The first-order valence-electron chi connectivity index (χ1n) is 6.71. The Balaban J connectivity index is 1.83. The average molecular weight is 403 g/mol. The van der Waals surface area contributed by atoms with Crippen LogP contribution in [0.25, 0.3) is 11.2 Å². The maximum Gasteiger partial charge on any atom is 0.376 e. The van der Waals surface area contributed by atoms with Gasteiger partial charge >= 0.3 is 11.2 Å². The van der Waals surface area contributed by atoms with E-state index in [-0.39, 0.29) is 44.8 Å². The lowest BCUT2D eigenvalue weighted by Gasteiger charge is -2.14. The van der Waals surface area contributed by atoms with Crippen LogP contribution in [0.15, 0.2) is 17.6 Å². The number of fused-ring (bicyclic) bond motifs is 1. The molecule has 3 aromatic rings. The second-order valence-corrected chi connectivity index (χ2v) is 6.12. The highest BCUT2D eigenvalue weighted by Crippen LogP contribution is 2.38. The molecule has 0 aliphatic heterocycles. The van der Waals surface area contributed by atoms with E-state index in [4.69, 9.17) is 22.1 Å². The van der Waals surface area contributed by atoms with E-state index in [2.05, 4.69) is 29.9 Å². The molecule has 10 nitrogen and oxygen atoms in total. The number of H-pyrrole nitrogens is 1. The Hall–Kier alpha value is -2.80. The number of ether oxygens (including phenoxy) is 1. The minimum absolute atomic E-state index is 0.0599. The Kier molecular flexibility index (Phi) is 4.73. The summed E-state index contributed by atoms with van der Waals surface area (Å²) < 4.78 is 33.5. The van der Waals surface area contributed by atoms with E-state index in [0.29, 0.717) is 0 Å². The number of nitrogens with one attached hydrogen (secondary N) is 2. The second-order valence-electron chi connectivity index (χ2n) is 4.61. The fourth-order valence-electron chi connectivity index (χ4n) is 1.79. The maximum absolute atomic E-state index is 14.3. The second kappa shape index (κ2) is 6.84. The van der Waals surface area contributed by atoms with Crippen molar-refractivity contribution >= 4 is 52.3 Å². The van der Waals surface area contributed by atoms with E-state index in [1.807, 2.05) is 5.32 Å². The highest BCUT2D eigenvalue weighted by molar-refractivity contribution is 8.01. The molecule has 3 rings (SSSR count). The molecule has 0 aromatic carbocycles. The largest absolute Gasteiger partial charge is 0.480 e. The SMILES string of the molecule is COc1nc(NC(=O)C(F)(F)Sc2nc(N)nc3nc[nH]c23)ncc1Cl. The number of imidazole rings is 1. The van der Waals surface area contributed by atoms with Crippen molar-refractivity contribution < 1.29 is 18.3 Å². The number of carbonyl (C=O) groups excluding carboxylic acids is 1. The number of hydrogen-bond acceptors (Lipinski definition) is 9. The number of nitrogen functional groups attached to an aromatic ring is 1. The number of aromatic nitrogens is 6. The molecule has 0 saturated heterocycles. The van der Waals surface area contributed by atoms with Crippen LogP contribution < -0.4 is 15.8 Å². The summed E-state index contributed by atoms with van der Waals surface area (Å²) >= 11 is 5.61. The highest BCUT2D eigenvalue weighted by Gasteiger charge is 2.42. The molecule has 0 aliphatic rings. The number of hydrogen-bond donors (Lipinski definition) is 3. The van der Waals surface area contributed by atoms with Crippen molar-refractivity contribution in [1.29, 1.82) is 0 Å². The highest BCUT2D eigenvalue weighted by atomic mass is 35.5. The Morgan fingerprint density at radius 3 is 2.88 bits per heavy atom. The first kappa shape index (κ1) is 18.0. The minimum Gasteiger partial charge on any atom is -0.480 e. The van der Waals surface area contributed by atoms with E-state index >= 15 is 0 Å². The van der Waals surface area contributed by atoms with Gasteiger partial charge in [-0.05, 0) is 11.8 Å². The van der Waals surface area contributed by atoms with Crippen molar-refractivity contribution in [3.8, 4) is 5.88 Å². The van der Waals surface area contributed by atoms with E-state index in [1.165, 1.54) is 13.4 Å². The summed E-state index contributed by atoms with van der Waals surface area (Å²) in [5, 5.41) is -2.21. The summed E-state index contributed by atoms with van der Waals surface area (Å²) in [6.45, 7) is 0. The first-order valence-corrected chi connectivity index (χ1v) is 7.91. The topological polar surface area (TPSA) is 145 Å². The van der Waals surface area contributed by atoms with Crippen LogP contribution in [-0.4, -0.2) is 48.2 Å². The van der Waals surface area contributed by atoms with Gasteiger partial charge in [0.25, 0.3) is 0 Å². The molecule has 1 amide bonds. The lowest BCUT2D eigenvalue weighted by molar-refractivity contribution is -0.129. The van der Waals surface area contributed by atoms with Crippen molar-refractivity contribution in [2.75, 3.05) is 18.2 Å². The number of rotatable bonds is 5. The quantitative estimate of drug-likeness (QED) is 0.428. The lowest BCUT2D eigenvalue weighted by Crippen LogP contribution is -2.32. The van der Waals surface area contributed by atoms with Crippen molar-refractivity contribution in [2.45, 2.75) is 10.3 Å². The number of nitrogens with zero attached hydrogens (tertiary/aromatic N) is 5. The molecule has 0 atom stereocenters. The van der Waals surface area contributed by atoms with Gasteiger partial charge in [-0.2, -0.15) is 18.7 Å². The number of amides is 1. The van der Waals surface area contributed by atoms with Gasteiger partial charge in [-0.3, -0.25) is 10.1 Å². The summed E-state index contributed by atoms with van der Waals surface area (Å²) in [6, 6.07) is 0. The molecule has 14 heteroatoms. The van der Waals surface area contributed by atoms with Crippen molar-refractivity contribution in [3.63, 3.8) is 0 Å². The Bertz CT molecular complexity index is 985. The van der Waals surface area contributed by atoms with Gasteiger partial charge in [0.2, 0.25) is 17.8 Å². The van der Waals surface area contributed by atoms with Crippen molar-refractivity contribution in [3.05, 3.63) is 17.5 Å². The summed E-state index contributed by atoms with van der Waals surface area (Å²) in [7, 11) is 1.28. The van der Waals surface area contributed by atoms with Crippen LogP contribution >= 0.6 is 23.4 Å². The number of methoxy groups -OCH3 is 1. The van der Waals surface area contributed by atoms with Gasteiger partial charge in [0, 0.05) is 0 Å². The van der Waals surface area contributed by atoms with Crippen molar-refractivity contribution in [1.82, 2.24) is 29.9 Å². The van der Waals surface area contributed by atoms with Crippen LogP contribution in [0.1, 0.15) is 0 Å². The smallest absolute Gasteiger partial charge is 0.376 e. The lowest BCUT2D eigenvalue weighted by atomic mass is 10.5. The van der Waals surface area contributed by atoms with Gasteiger partial charge in [-0.1, -0.05) is 11.6 Å². The molecule has 0 unspecified atom stereocenters. The van der Waals surface area contributed by atoms with Gasteiger partial charge in [0.1, 0.15) is 15.6 Å². The van der Waals surface area contributed by atoms with Crippen LogP contribution in [0.3, 0.4) is 0 Å². The number of alkyl halides is 2. The molecule has 3 heterocycles. The normalized spacial score (nSPS) is 11.5. The Labute approximate surface area is 152 Å². The molecule has 0 fully saturated rings. The molecule has 26 heavy (non-hydrogen) atoms. The van der Waals surface area contributed by atoms with Gasteiger partial charge < -0.3 is 15.5 Å². The third kappa shape index (κ3) is 3.57. The maximum atomic E-state index is 14.3. The molecule has 3 aromatic heterocycles. The number of halogens is 3. The molecular formula is C12H9ClF2N8O2S. The Morgan fingerprint density at radius 1 is 1.38 bits per heavy atom. The predicted molar refractivity (Wildman–Crippen MR) is 89.1 cm³/mol. The van der Waals surface area contributed by atoms with Crippen LogP contribution in [0, 0.1) is 0 Å². The molecule has 4 N–H and O–H groups in total. The summed E-state index contributed by atoms with van der Waals surface area (Å²) in [6.07, 6.45) is 2.35. The zero-order chi connectivity index (χ0) is 18.9. The molecular weight excluding hydrogens is 394 g/mol. The zero-order valence-electron chi connectivity index (χ0n) is 12.8. The number of aromatic amines is 1. The van der Waals surface area contributed by atoms with Crippen molar-refractivity contribution in [2.24, 2.45) is 0 Å². The Morgan fingerprint density at radius 2 is 2.15 bits per heavy atom. The first-order chi connectivity index (χ1) is 12.3. The molecule has 0 saturated carbocycles. The summed E-state index contributed by atoms with van der Waals surface area (Å²) in [5.74, 6) is -2.40. The van der Waals surface area contributed by atoms with Crippen LogP contribution in [-0.2, 0) is 4.79 Å². The third-order valence-corrected chi connectivity index (χ3v) is 4.08. The van der Waals surface area contributed by atoms with E-state index < -0.39 is 17.1 Å². The van der Waals surface area contributed by atoms with Gasteiger partial charge in [0.05, 0.1) is 19.6 Å². The standard InChI is InChI=1S/C12H9ClF2N8O2S/c1-25-7-4(13)2-17-11(21-7)23-9(24)12(14,15)26-8-5-6(19-3-18-5)20-10(16)22-8/h2-3H,1H3,(H,17,21,23,24)(H3,16,18,19,20,22). The number of nitrogens with two attached hydrogens (primary N) is 1. The van der Waals surface area contributed by atoms with Gasteiger partial charge in [0.15, 0.2) is 5.65 Å². The molecule has 0 spiro atoms. The summed E-state index contributed by atoms with van der Waals surface area (Å²) in [4.78, 5) is 33.2. The zero-order valence-corrected chi connectivity index (χ0v) is 14.4. The summed E-state index contributed by atoms with van der Waals surface area (Å²) in [5.41, 5.74) is 5.69. The minimum atomic E-state index is -3.92. The van der Waals surface area contributed by atoms with Crippen LogP contribution in [0.5, 0.6) is 5.88 Å². The van der Waals surface area contributed by atoms with E-state index in [0.717, 1.165) is 6.20 Å². The molecule has 0 radical (unpaired) electrons. The molecule has 136 valence electrons. The molecule has 0 aliphatic carbocycles. The average Bonchev–Trinajstić information content (AvgIpc) is 3.04. The fraction of sp³-hybridized carbons (Fsp3) is 0.167. The van der Waals surface area contributed by atoms with Crippen LogP contribution in [0.4, 0.5) is 20.7 Å². The number of carbonyl (C=O) groups is 1. The molecule has 0 bridgehead atoms. The third-order valence-electron chi connectivity index (χ3n) is 2.89. The number of anilines is 2. The predicted octanol–water partition coefficient (Wildman–Crippen LogP) is 1.71. The van der Waals surface area contributed by atoms with E-state index in [9.17, 15) is 13.6 Å². The number of thioether (sulfide) groups is 1.